The molecule has 2 aliphatic heterocycles. The van der Waals surface area contributed by atoms with E-state index in [1.165, 1.54) is 15.9 Å². The van der Waals surface area contributed by atoms with Gasteiger partial charge in [0.15, 0.2) is 5.11 Å². The van der Waals surface area contributed by atoms with Crippen LogP contribution < -0.4 is 9.80 Å². The minimum atomic E-state index is -0.564. The van der Waals surface area contributed by atoms with Crippen molar-refractivity contribution >= 4 is 52.7 Å². The molecule has 2 amide bonds. The second kappa shape index (κ2) is 7.89. The molecular formula is C17H21FN4O3S2. The second-order valence-electron chi connectivity index (χ2n) is 6.43. The standard InChI is InChI=1S/C17H21FN4O3S2/c1-3-20(17(24)27)9-12-10-22(16(23)25-12)11-4-5-14(13(18)8-11)21-7-6-19(2)15(21)26/h4-5,8,12H,3,6-7,9-10H2,1-2H3,(H,24,27)/t12-/m1/s1. The summed E-state index contributed by atoms with van der Waals surface area (Å²) in [6.45, 7) is 4.11. The van der Waals surface area contributed by atoms with E-state index in [9.17, 15) is 14.0 Å². The number of halogens is 1. The molecule has 146 valence electrons. The predicted molar refractivity (Wildman–Crippen MR) is 108 cm³/mol. The molecule has 1 atom stereocenters. The molecular weight excluding hydrogens is 391 g/mol. The van der Waals surface area contributed by atoms with Crippen molar-refractivity contribution in [2.45, 2.75) is 13.0 Å². The molecule has 0 bridgehead atoms. The lowest BCUT2D eigenvalue weighted by Gasteiger charge is -2.22. The summed E-state index contributed by atoms with van der Waals surface area (Å²) in [4.78, 5) is 30.1. The summed E-state index contributed by atoms with van der Waals surface area (Å²) < 4.78 is 20.0. The van der Waals surface area contributed by atoms with Crippen LogP contribution in [0.5, 0.6) is 0 Å². The first kappa shape index (κ1) is 19.7. The van der Waals surface area contributed by atoms with Gasteiger partial charge in [-0.05, 0) is 37.3 Å². The number of anilines is 2. The second-order valence-corrected chi connectivity index (χ2v) is 7.18. The molecule has 3 rings (SSSR count). The molecule has 2 heterocycles. The molecule has 0 radical (unpaired) electrons. The van der Waals surface area contributed by atoms with Crippen LogP contribution in [0.3, 0.4) is 0 Å². The lowest BCUT2D eigenvalue weighted by atomic mass is 10.2. The van der Waals surface area contributed by atoms with Gasteiger partial charge in [-0.15, -0.1) is 0 Å². The summed E-state index contributed by atoms with van der Waals surface area (Å²) in [5, 5.41) is 0.187. The number of rotatable bonds is 5. The lowest BCUT2D eigenvalue weighted by Crippen LogP contribution is -2.36. The van der Waals surface area contributed by atoms with E-state index in [4.69, 9.17) is 17.0 Å². The number of amides is 2. The minimum absolute atomic E-state index is 0.236. The van der Waals surface area contributed by atoms with Crippen LogP contribution in [-0.2, 0) is 4.74 Å². The molecule has 0 unspecified atom stereocenters. The van der Waals surface area contributed by atoms with Gasteiger partial charge in [-0.1, -0.05) is 12.6 Å². The normalized spacial score (nSPS) is 19.7. The van der Waals surface area contributed by atoms with Gasteiger partial charge in [-0.2, -0.15) is 0 Å². The first-order valence-corrected chi connectivity index (χ1v) is 9.45. The Kier molecular flexibility index (Phi) is 5.75. The van der Waals surface area contributed by atoms with Crippen molar-refractivity contribution in [3.63, 3.8) is 0 Å². The zero-order valence-electron chi connectivity index (χ0n) is 15.1. The number of benzene rings is 1. The number of thiocarbonyl (C=S) groups is 1. The van der Waals surface area contributed by atoms with Gasteiger partial charge in [0.25, 0.3) is 5.24 Å². The molecule has 2 saturated heterocycles. The van der Waals surface area contributed by atoms with Gasteiger partial charge in [-0.25, -0.2) is 9.18 Å². The van der Waals surface area contributed by atoms with Crippen molar-refractivity contribution in [3.8, 4) is 0 Å². The molecule has 2 fully saturated rings. The van der Waals surface area contributed by atoms with Gasteiger partial charge in [-0.3, -0.25) is 9.69 Å². The molecule has 0 spiro atoms. The van der Waals surface area contributed by atoms with E-state index in [0.717, 1.165) is 6.54 Å². The van der Waals surface area contributed by atoms with Gasteiger partial charge in [0.2, 0.25) is 0 Å². The Balaban J connectivity index is 1.73. The third-order valence-electron chi connectivity index (χ3n) is 4.70. The highest BCUT2D eigenvalue weighted by molar-refractivity contribution is 7.96. The molecule has 0 N–H and O–H groups in total. The molecule has 27 heavy (non-hydrogen) atoms. The number of likely N-dealkylation sites (N-methyl/N-ethyl adjacent to an activating group) is 2. The van der Waals surface area contributed by atoms with Crippen molar-refractivity contribution in [3.05, 3.63) is 24.0 Å². The van der Waals surface area contributed by atoms with E-state index < -0.39 is 18.0 Å². The van der Waals surface area contributed by atoms with Crippen LogP contribution in [0.4, 0.5) is 25.4 Å². The highest BCUT2D eigenvalue weighted by atomic mass is 32.1. The van der Waals surface area contributed by atoms with Crippen LogP contribution in [0.2, 0.25) is 0 Å². The summed E-state index contributed by atoms with van der Waals surface area (Å²) in [5.41, 5.74) is 0.789. The predicted octanol–water partition coefficient (Wildman–Crippen LogP) is 2.56. The summed E-state index contributed by atoms with van der Waals surface area (Å²) in [6.07, 6.45) is -1.05. The molecule has 0 saturated carbocycles. The summed E-state index contributed by atoms with van der Waals surface area (Å²) in [7, 11) is 1.87. The van der Waals surface area contributed by atoms with Crippen molar-refractivity contribution in [1.82, 2.24) is 9.80 Å². The highest BCUT2D eigenvalue weighted by Gasteiger charge is 2.34. The number of nitrogens with zero attached hydrogens (tertiary/aromatic N) is 4. The fraction of sp³-hybridized carbons (Fsp3) is 0.471. The molecule has 2 aliphatic rings. The van der Waals surface area contributed by atoms with Crippen molar-refractivity contribution < 1.29 is 18.7 Å². The van der Waals surface area contributed by atoms with Crippen LogP contribution in [0.15, 0.2) is 18.2 Å². The number of carbonyl (C=O) groups is 2. The smallest absolute Gasteiger partial charge is 0.414 e. The first-order valence-electron chi connectivity index (χ1n) is 8.60. The fourth-order valence-corrected chi connectivity index (χ4v) is 3.67. The Morgan fingerprint density at radius 3 is 2.70 bits per heavy atom. The van der Waals surface area contributed by atoms with E-state index in [0.29, 0.717) is 29.6 Å². The maximum absolute atomic E-state index is 14.7. The number of cyclic esters (lactones) is 1. The van der Waals surface area contributed by atoms with E-state index in [1.54, 1.807) is 17.0 Å². The van der Waals surface area contributed by atoms with Gasteiger partial charge in [0.1, 0.15) is 11.9 Å². The molecule has 1 aromatic carbocycles. The first-order chi connectivity index (χ1) is 12.8. The van der Waals surface area contributed by atoms with Gasteiger partial charge < -0.3 is 19.4 Å². The van der Waals surface area contributed by atoms with Crippen LogP contribution >= 0.6 is 24.8 Å². The zero-order chi connectivity index (χ0) is 19.7. The van der Waals surface area contributed by atoms with Crippen LogP contribution in [0.25, 0.3) is 0 Å². The Labute approximate surface area is 168 Å². The van der Waals surface area contributed by atoms with E-state index in [2.05, 4.69) is 12.6 Å². The molecule has 10 heteroatoms. The third kappa shape index (κ3) is 3.96. The van der Waals surface area contributed by atoms with Crippen molar-refractivity contribution in [1.29, 1.82) is 0 Å². The van der Waals surface area contributed by atoms with Gasteiger partial charge >= 0.3 is 6.09 Å². The fourth-order valence-electron chi connectivity index (χ4n) is 3.17. The van der Waals surface area contributed by atoms with E-state index in [1.807, 2.05) is 18.9 Å². The van der Waals surface area contributed by atoms with Gasteiger partial charge in [0.05, 0.1) is 24.5 Å². The Hall–Kier alpha value is -2.07. The SMILES string of the molecule is CCN(C[C@@H]1CN(c2ccc(N3CCN(C)C3=S)c(F)c2)C(=O)O1)C(=O)S. The summed E-state index contributed by atoms with van der Waals surface area (Å²) in [6, 6.07) is 4.60. The zero-order valence-corrected chi connectivity index (χ0v) is 16.8. The Bertz CT molecular complexity index is 779. The van der Waals surface area contributed by atoms with E-state index in [-0.39, 0.29) is 18.3 Å². The number of ether oxygens (including phenoxy) is 1. The number of hydrogen-bond donors (Lipinski definition) is 1. The van der Waals surface area contributed by atoms with Crippen LogP contribution in [0, 0.1) is 5.82 Å². The molecule has 0 aromatic heterocycles. The highest BCUT2D eigenvalue weighted by Crippen LogP contribution is 2.29. The van der Waals surface area contributed by atoms with Gasteiger partial charge in [0, 0.05) is 26.7 Å². The maximum atomic E-state index is 14.7. The minimum Gasteiger partial charge on any atom is -0.442 e. The summed E-state index contributed by atoms with van der Waals surface area (Å²) >= 11 is 9.12. The van der Waals surface area contributed by atoms with Crippen molar-refractivity contribution in [2.24, 2.45) is 0 Å². The monoisotopic (exact) mass is 412 g/mol. The van der Waals surface area contributed by atoms with Crippen LogP contribution in [0.1, 0.15) is 6.92 Å². The van der Waals surface area contributed by atoms with Crippen LogP contribution in [-0.4, -0.2) is 72.1 Å². The largest absolute Gasteiger partial charge is 0.442 e. The van der Waals surface area contributed by atoms with Crippen molar-refractivity contribution in [2.75, 3.05) is 49.6 Å². The quantitative estimate of drug-likeness (QED) is 0.593. The molecule has 1 aromatic rings. The lowest BCUT2D eigenvalue weighted by molar-refractivity contribution is 0.120. The molecule has 0 aliphatic carbocycles. The maximum Gasteiger partial charge on any atom is 0.414 e. The average Bonchev–Trinajstić information content (AvgIpc) is 3.15. The number of thiol groups is 1. The topological polar surface area (TPSA) is 56.3 Å². The molecule has 7 nitrogen and oxygen atoms in total. The average molecular weight is 413 g/mol. The summed E-state index contributed by atoms with van der Waals surface area (Å²) in [5.74, 6) is -0.456. The van der Waals surface area contributed by atoms with E-state index >= 15 is 0 Å². The third-order valence-corrected chi connectivity index (χ3v) is 5.52. The number of carbonyl (C=O) groups excluding carboxylic acids is 2. The Morgan fingerprint density at radius 1 is 1.41 bits per heavy atom. The number of hydrogen-bond acceptors (Lipinski definition) is 4. The Morgan fingerprint density at radius 2 is 2.15 bits per heavy atom.